The van der Waals surface area contributed by atoms with E-state index in [1.807, 2.05) is 5.38 Å². The molecule has 0 spiro atoms. The Balaban J connectivity index is 2.14. The van der Waals surface area contributed by atoms with E-state index in [0.717, 1.165) is 0 Å². The van der Waals surface area contributed by atoms with Crippen LogP contribution in [0.3, 0.4) is 0 Å². The molecule has 0 atom stereocenters. The number of nitrogens with one attached hydrogen (secondary N) is 3. The van der Waals surface area contributed by atoms with Gasteiger partial charge in [-0.2, -0.15) is 11.3 Å². The number of rotatable bonds is 7. The highest BCUT2D eigenvalue weighted by molar-refractivity contribution is 7.08. The summed E-state index contributed by atoms with van der Waals surface area (Å²) >= 11 is 1.44. The Hall–Kier alpha value is -1.89. The van der Waals surface area contributed by atoms with E-state index in [2.05, 4.69) is 16.0 Å². The van der Waals surface area contributed by atoms with Crippen LogP contribution in [-0.4, -0.2) is 37.4 Å². The molecule has 0 aromatic carbocycles. The van der Waals surface area contributed by atoms with Crippen LogP contribution in [0.2, 0.25) is 0 Å². The first-order chi connectivity index (χ1) is 9.13. The van der Waals surface area contributed by atoms with E-state index in [4.69, 9.17) is 0 Å². The second kappa shape index (κ2) is 8.25. The summed E-state index contributed by atoms with van der Waals surface area (Å²) in [6.45, 7) is 2.55. The molecule has 0 saturated heterocycles. The summed E-state index contributed by atoms with van der Waals surface area (Å²) in [6, 6.07) is 1.72. The number of carbonyl (C=O) groups excluding carboxylic acids is 3. The number of thiophene rings is 1. The molecule has 0 fully saturated rings. The van der Waals surface area contributed by atoms with Crippen molar-refractivity contribution < 1.29 is 14.4 Å². The Morgan fingerprint density at radius 3 is 2.58 bits per heavy atom. The van der Waals surface area contributed by atoms with E-state index in [-0.39, 0.29) is 37.2 Å². The molecule has 19 heavy (non-hydrogen) atoms. The van der Waals surface area contributed by atoms with Crippen LogP contribution in [-0.2, 0) is 9.59 Å². The summed E-state index contributed by atoms with van der Waals surface area (Å²) in [5.74, 6) is -0.687. The topological polar surface area (TPSA) is 87.3 Å². The maximum absolute atomic E-state index is 11.5. The smallest absolute Gasteiger partial charge is 0.252 e. The van der Waals surface area contributed by atoms with Crippen LogP contribution in [0.4, 0.5) is 0 Å². The van der Waals surface area contributed by atoms with Crippen LogP contribution < -0.4 is 16.0 Å². The standard InChI is InChI=1S/C12H17N3O3S/c1-2-13-11(17)7-15-10(16)3-5-14-12(18)9-4-6-19-8-9/h4,6,8H,2-3,5,7H2,1H3,(H,13,17)(H,14,18)(H,15,16). The van der Waals surface area contributed by atoms with Crippen molar-refractivity contribution >= 4 is 29.1 Å². The van der Waals surface area contributed by atoms with Gasteiger partial charge in [-0.15, -0.1) is 0 Å². The zero-order chi connectivity index (χ0) is 14.1. The van der Waals surface area contributed by atoms with Crippen molar-refractivity contribution in [1.29, 1.82) is 0 Å². The number of hydrogen-bond acceptors (Lipinski definition) is 4. The van der Waals surface area contributed by atoms with Gasteiger partial charge in [-0.05, 0) is 18.4 Å². The SMILES string of the molecule is CCNC(=O)CNC(=O)CCNC(=O)c1ccsc1. The Bertz CT molecular complexity index is 431. The van der Waals surface area contributed by atoms with Gasteiger partial charge in [-0.25, -0.2) is 0 Å². The van der Waals surface area contributed by atoms with Crippen molar-refractivity contribution in [2.24, 2.45) is 0 Å². The van der Waals surface area contributed by atoms with Gasteiger partial charge in [0, 0.05) is 30.5 Å². The Labute approximate surface area is 115 Å². The van der Waals surface area contributed by atoms with E-state index >= 15 is 0 Å². The lowest BCUT2D eigenvalue weighted by Gasteiger charge is -2.06. The van der Waals surface area contributed by atoms with E-state index in [1.165, 1.54) is 11.3 Å². The summed E-state index contributed by atoms with van der Waals surface area (Å²) in [7, 11) is 0. The molecule has 1 aromatic rings. The predicted molar refractivity (Wildman–Crippen MR) is 73.0 cm³/mol. The van der Waals surface area contributed by atoms with Gasteiger partial charge < -0.3 is 16.0 Å². The largest absolute Gasteiger partial charge is 0.355 e. The third kappa shape index (κ3) is 6.01. The molecular weight excluding hydrogens is 266 g/mol. The van der Waals surface area contributed by atoms with Crippen molar-refractivity contribution in [3.8, 4) is 0 Å². The second-order valence-corrected chi connectivity index (χ2v) is 4.53. The van der Waals surface area contributed by atoms with Crippen LogP contribution in [0.25, 0.3) is 0 Å². The van der Waals surface area contributed by atoms with Gasteiger partial charge >= 0.3 is 0 Å². The lowest BCUT2D eigenvalue weighted by Crippen LogP contribution is -2.38. The lowest BCUT2D eigenvalue weighted by atomic mass is 10.3. The third-order valence-electron chi connectivity index (χ3n) is 2.24. The molecule has 0 radical (unpaired) electrons. The van der Waals surface area contributed by atoms with Gasteiger partial charge in [0.05, 0.1) is 6.54 Å². The average Bonchev–Trinajstić information content (AvgIpc) is 2.90. The molecule has 0 bridgehead atoms. The van der Waals surface area contributed by atoms with Crippen molar-refractivity contribution in [3.63, 3.8) is 0 Å². The van der Waals surface area contributed by atoms with Crippen LogP contribution in [0.15, 0.2) is 16.8 Å². The molecule has 3 amide bonds. The van der Waals surface area contributed by atoms with Crippen molar-refractivity contribution in [1.82, 2.24) is 16.0 Å². The number of hydrogen-bond donors (Lipinski definition) is 3. The third-order valence-corrected chi connectivity index (χ3v) is 2.92. The van der Waals surface area contributed by atoms with Crippen LogP contribution in [0.5, 0.6) is 0 Å². The number of likely N-dealkylation sites (N-methyl/N-ethyl adjacent to an activating group) is 1. The zero-order valence-electron chi connectivity index (χ0n) is 10.7. The Morgan fingerprint density at radius 2 is 1.95 bits per heavy atom. The molecule has 0 aliphatic rings. The highest BCUT2D eigenvalue weighted by atomic mass is 32.1. The highest BCUT2D eigenvalue weighted by Gasteiger charge is 2.07. The van der Waals surface area contributed by atoms with Gasteiger partial charge in [-0.3, -0.25) is 14.4 Å². The minimum Gasteiger partial charge on any atom is -0.355 e. The molecule has 1 heterocycles. The fourth-order valence-corrected chi connectivity index (χ4v) is 1.95. The Kier molecular flexibility index (Phi) is 6.59. The quantitative estimate of drug-likeness (QED) is 0.664. The minimum absolute atomic E-state index is 0.0366. The summed E-state index contributed by atoms with van der Waals surface area (Å²) < 4.78 is 0. The van der Waals surface area contributed by atoms with E-state index in [0.29, 0.717) is 12.1 Å². The molecule has 0 unspecified atom stereocenters. The van der Waals surface area contributed by atoms with Crippen LogP contribution >= 0.6 is 11.3 Å². The molecule has 0 aliphatic heterocycles. The van der Waals surface area contributed by atoms with Crippen LogP contribution in [0, 0.1) is 0 Å². The maximum Gasteiger partial charge on any atom is 0.252 e. The average molecular weight is 283 g/mol. The van der Waals surface area contributed by atoms with E-state index < -0.39 is 0 Å². The first-order valence-electron chi connectivity index (χ1n) is 5.97. The summed E-state index contributed by atoms with van der Waals surface area (Å²) in [5, 5.41) is 11.2. The van der Waals surface area contributed by atoms with E-state index in [1.54, 1.807) is 18.4 Å². The predicted octanol–water partition coefficient (Wildman–Crippen LogP) is 0.120. The van der Waals surface area contributed by atoms with Gasteiger partial charge in [0.15, 0.2) is 0 Å². The maximum atomic E-state index is 11.5. The first kappa shape index (κ1) is 15.2. The fraction of sp³-hybridized carbons (Fsp3) is 0.417. The summed E-state index contributed by atoms with van der Waals surface area (Å²) in [5.41, 5.74) is 0.590. The normalized spacial score (nSPS) is 9.74. The fourth-order valence-electron chi connectivity index (χ4n) is 1.31. The van der Waals surface area contributed by atoms with Crippen molar-refractivity contribution in [3.05, 3.63) is 22.4 Å². The lowest BCUT2D eigenvalue weighted by molar-refractivity contribution is -0.126. The molecule has 1 aromatic heterocycles. The first-order valence-corrected chi connectivity index (χ1v) is 6.91. The minimum atomic E-state index is -0.267. The molecule has 1 rings (SSSR count). The number of amides is 3. The molecule has 104 valence electrons. The Morgan fingerprint density at radius 1 is 1.16 bits per heavy atom. The van der Waals surface area contributed by atoms with Crippen LogP contribution in [0.1, 0.15) is 23.7 Å². The summed E-state index contributed by atoms with van der Waals surface area (Å²) in [6.07, 6.45) is 0.148. The molecule has 7 heteroatoms. The molecule has 6 nitrogen and oxygen atoms in total. The molecule has 3 N–H and O–H groups in total. The molecule has 0 saturated carbocycles. The van der Waals surface area contributed by atoms with Crippen molar-refractivity contribution in [2.75, 3.05) is 19.6 Å². The summed E-state index contributed by atoms with van der Waals surface area (Å²) in [4.78, 5) is 34.0. The van der Waals surface area contributed by atoms with Gasteiger partial charge in [0.25, 0.3) is 5.91 Å². The van der Waals surface area contributed by atoms with Gasteiger partial charge in [0.2, 0.25) is 11.8 Å². The van der Waals surface area contributed by atoms with Gasteiger partial charge in [0.1, 0.15) is 0 Å². The monoisotopic (exact) mass is 283 g/mol. The highest BCUT2D eigenvalue weighted by Crippen LogP contribution is 2.04. The van der Waals surface area contributed by atoms with Crippen molar-refractivity contribution in [2.45, 2.75) is 13.3 Å². The zero-order valence-corrected chi connectivity index (χ0v) is 11.5. The number of carbonyl (C=O) groups is 3. The molecular formula is C12H17N3O3S. The van der Waals surface area contributed by atoms with Gasteiger partial charge in [-0.1, -0.05) is 0 Å². The second-order valence-electron chi connectivity index (χ2n) is 3.75. The molecule has 0 aliphatic carbocycles. The van der Waals surface area contributed by atoms with E-state index in [9.17, 15) is 14.4 Å².